The Labute approximate surface area is 236 Å². The van der Waals surface area contributed by atoms with E-state index in [1.807, 2.05) is 28.8 Å². The minimum absolute atomic E-state index is 0.0102. The monoisotopic (exact) mass is 563 g/mol. The van der Waals surface area contributed by atoms with Crippen molar-refractivity contribution in [3.63, 3.8) is 0 Å². The molecule has 1 saturated carbocycles. The highest BCUT2D eigenvalue weighted by Gasteiger charge is 2.26. The summed E-state index contributed by atoms with van der Waals surface area (Å²) in [6.45, 7) is 3.53. The van der Waals surface area contributed by atoms with Crippen LogP contribution in [0, 0.1) is 0 Å². The van der Waals surface area contributed by atoms with Gasteiger partial charge in [-0.15, -0.1) is 0 Å². The van der Waals surface area contributed by atoms with E-state index in [-0.39, 0.29) is 27.6 Å². The Bertz CT molecular complexity index is 1630. The highest BCUT2D eigenvalue weighted by atomic mass is 35.5. The van der Waals surface area contributed by atoms with Crippen LogP contribution in [0.1, 0.15) is 31.7 Å². The molecular formula is C30H27Cl2N3O4. The second-order valence-electron chi connectivity index (χ2n) is 9.32. The van der Waals surface area contributed by atoms with E-state index >= 15 is 0 Å². The molecule has 39 heavy (non-hydrogen) atoms. The molecule has 2 aromatic carbocycles. The zero-order chi connectivity index (χ0) is 27.7. The van der Waals surface area contributed by atoms with Crippen LogP contribution >= 0.6 is 23.2 Å². The van der Waals surface area contributed by atoms with Gasteiger partial charge in [-0.25, -0.2) is 0 Å². The van der Waals surface area contributed by atoms with Crippen LogP contribution in [-0.4, -0.2) is 29.7 Å². The highest BCUT2D eigenvalue weighted by Crippen LogP contribution is 2.46. The minimum atomic E-state index is -0.321. The zero-order valence-corrected chi connectivity index (χ0v) is 23.1. The molecule has 1 amide bonds. The molecule has 0 atom stereocenters. The molecule has 7 nitrogen and oxygen atoms in total. The summed E-state index contributed by atoms with van der Waals surface area (Å²) in [7, 11) is 2.99. The Kier molecular flexibility index (Phi) is 7.64. The van der Waals surface area contributed by atoms with E-state index in [4.69, 9.17) is 37.7 Å². The molecule has 1 fully saturated rings. The summed E-state index contributed by atoms with van der Waals surface area (Å²) < 4.78 is 12.7. The third kappa shape index (κ3) is 4.88. The Morgan fingerprint density at radius 3 is 2.36 bits per heavy atom. The van der Waals surface area contributed by atoms with Gasteiger partial charge in [-0.2, -0.15) is 0 Å². The molecule has 0 aliphatic heterocycles. The Morgan fingerprint density at radius 2 is 1.72 bits per heavy atom. The molecule has 4 aromatic rings. The molecular weight excluding hydrogens is 537 g/mol. The first-order valence-electron chi connectivity index (χ1n) is 12.6. The van der Waals surface area contributed by atoms with Crippen LogP contribution in [0.2, 0.25) is 10.0 Å². The van der Waals surface area contributed by atoms with E-state index < -0.39 is 0 Å². The lowest BCUT2D eigenvalue weighted by atomic mass is 10.0. The number of hydrogen-bond donors (Lipinski definition) is 1. The minimum Gasteiger partial charge on any atom is -0.495 e. The number of amides is 1. The van der Waals surface area contributed by atoms with E-state index in [1.165, 1.54) is 20.3 Å². The van der Waals surface area contributed by atoms with Gasteiger partial charge in [0.2, 0.25) is 5.91 Å². The fraction of sp³-hybridized carbons (Fsp3) is 0.233. The van der Waals surface area contributed by atoms with E-state index in [1.54, 1.807) is 24.4 Å². The lowest BCUT2D eigenvalue weighted by molar-refractivity contribution is -0.111. The number of ether oxygens (including phenoxy) is 2. The van der Waals surface area contributed by atoms with Crippen molar-refractivity contribution in [3.05, 3.63) is 81.7 Å². The van der Waals surface area contributed by atoms with E-state index in [0.717, 1.165) is 42.1 Å². The van der Waals surface area contributed by atoms with E-state index in [0.29, 0.717) is 34.0 Å². The first-order chi connectivity index (χ1) is 18.9. The maximum Gasteiger partial charge on any atom is 0.259 e. The molecule has 0 spiro atoms. The van der Waals surface area contributed by atoms with Gasteiger partial charge in [0, 0.05) is 34.8 Å². The average Bonchev–Trinajstić information content (AvgIpc) is 3.48. The number of methoxy groups -OCH3 is 2. The van der Waals surface area contributed by atoms with Crippen LogP contribution in [0.3, 0.4) is 0 Å². The van der Waals surface area contributed by atoms with Gasteiger partial charge in [0.25, 0.3) is 5.56 Å². The first kappa shape index (κ1) is 26.8. The summed E-state index contributed by atoms with van der Waals surface area (Å²) in [5, 5.41) is 4.05. The molecule has 0 bridgehead atoms. The second-order valence-corrected chi connectivity index (χ2v) is 10.1. The number of nitrogens with zero attached hydrogens (tertiary/aromatic N) is 2. The van der Waals surface area contributed by atoms with Gasteiger partial charge >= 0.3 is 0 Å². The standard InChI is InChI=1S/C30H27Cl2N3O4/c1-4-26(36)34-21-12-8-7-11-19(21)22-14-23-17(16-33-22)13-20(30(37)35(23)18-9-5-6-10-18)27-28(31)24(38-2)15-25(39-3)29(27)32/h4,7-8,11-16,18H,1,5-6,9-10H2,2-3H3,(H,34,36). The summed E-state index contributed by atoms with van der Waals surface area (Å²) in [4.78, 5) is 31.0. The smallest absolute Gasteiger partial charge is 0.259 e. The number of rotatable bonds is 7. The number of benzene rings is 2. The topological polar surface area (TPSA) is 82.5 Å². The van der Waals surface area contributed by atoms with Gasteiger partial charge in [0.15, 0.2) is 0 Å². The molecule has 1 aliphatic carbocycles. The third-order valence-electron chi connectivity index (χ3n) is 7.10. The van der Waals surface area contributed by atoms with Crippen molar-refractivity contribution < 1.29 is 14.3 Å². The predicted octanol–water partition coefficient (Wildman–Crippen LogP) is 7.29. The number of aromatic nitrogens is 2. The molecule has 9 heteroatoms. The van der Waals surface area contributed by atoms with Crippen molar-refractivity contribution in [2.24, 2.45) is 0 Å². The number of para-hydroxylation sites is 1. The number of anilines is 1. The molecule has 0 saturated heterocycles. The van der Waals surface area contributed by atoms with Crippen molar-refractivity contribution in [2.45, 2.75) is 31.7 Å². The van der Waals surface area contributed by atoms with Crippen LogP contribution in [0.4, 0.5) is 5.69 Å². The lowest BCUT2D eigenvalue weighted by Gasteiger charge is -2.21. The number of halogens is 2. The number of hydrogen-bond acceptors (Lipinski definition) is 5. The molecule has 2 aromatic heterocycles. The molecule has 1 N–H and O–H groups in total. The van der Waals surface area contributed by atoms with Gasteiger partial charge in [-0.05, 0) is 37.1 Å². The second kappa shape index (κ2) is 11.1. The number of nitrogens with one attached hydrogen (secondary N) is 1. The third-order valence-corrected chi connectivity index (χ3v) is 7.85. The molecule has 2 heterocycles. The van der Waals surface area contributed by atoms with Crippen molar-refractivity contribution >= 4 is 45.7 Å². The van der Waals surface area contributed by atoms with Crippen molar-refractivity contribution in [3.8, 4) is 33.9 Å². The maximum atomic E-state index is 14.2. The largest absolute Gasteiger partial charge is 0.495 e. The SMILES string of the molecule is C=CC(=O)Nc1ccccc1-c1cc2c(cn1)cc(-c1c(Cl)c(OC)cc(OC)c1Cl)c(=O)n2C1CCCC1. The molecule has 5 rings (SSSR count). The van der Waals surface area contributed by atoms with Crippen LogP contribution < -0.4 is 20.3 Å². The highest BCUT2D eigenvalue weighted by molar-refractivity contribution is 6.41. The summed E-state index contributed by atoms with van der Waals surface area (Å²) >= 11 is 13.4. The Hall–Kier alpha value is -3.81. The normalized spacial score (nSPS) is 13.4. The summed E-state index contributed by atoms with van der Waals surface area (Å²) in [6, 6.07) is 12.6. The Balaban J connectivity index is 1.78. The van der Waals surface area contributed by atoms with Crippen molar-refractivity contribution in [1.29, 1.82) is 0 Å². The van der Waals surface area contributed by atoms with Gasteiger partial charge in [0.05, 0.1) is 46.7 Å². The number of carbonyl (C=O) groups excluding carboxylic acids is 1. The van der Waals surface area contributed by atoms with Gasteiger partial charge in [-0.3, -0.25) is 14.6 Å². The zero-order valence-electron chi connectivity index (χ0n) is 21.6. The summed E-state index contributed by atoms with van der Waals surface area (Å²) in [6.07, 6.45) is 6.77. The van der Waals surface area contributed by atoms with Crippen LogP contribution in [0.5, 0.6) is 11.5 Å². The molecule has 0 unspecified atom stereocenters. The van der Waals surface area contributed by atoms with Gasteiger partial charge in [0.1, 0.15) is 11.5 Å². The fourth-order valence-corrected chi connectivity index (χ4v) is 5.91. The number of carbonyl (C=O) groups is 1. The molecule has 0 radical (unpaired) electrons. The van der Waals surface area contributed by atoms with Gasteiger partial charge in [-0.1, -0.05) is 60.8 Å². The fourth-order valence-electron chi connectivity index (χ4n) is 5.20. The molecule has 1 aliphatic rings. The van der Waals surface area contributed by atoms with Crippen LogP contribution in [-0.2, 0) is 4.79 Å². The van der Waals surface area contributed by atoms with E-state index in [2.05, 4.69) is 11.9 Å². The quantitative estimate of drug-likeness (QED) is 0.238. The average molecular weight is 564 g/mol. The summed E-state index contributed by atoms with van der Waals surface area (Å²) in [5.74, 6) is 0.385. The number of fused-ring (bicyclic) bond motifs is 1. The van der Waals surface area contributed by atoms with Crippen molar-refractivity contribution in [2.75, 3.05) is 19.5 Å². The van der Waals surface area contributed by atoms with Gasteiger partial charge < -0.3 is 19.4 Å². The number of pyridine rings is 2. The van der Waals surface area contributed by atoms with E-state index in [9.17, 15) is 9.59 Å². The molecule has 200 valence electrons. The summed E-state index contributed by atoms with van der Waals surface area (Å²) in [5.41, 5.74) is 3.19. The lowest BCUT2D eigenvalue weighted by Crippen LogP contribution is -2.25. The predicted molar refractivity (Wildman–Crippen MR) is 156 cm³/mol. The maximum absolute atomic E-state index is 14.2. The van der Waals surface area contributed by atoms with Crippen LogP contribution in [0.25, 0.3) is 33.3 Å². The van der Waals surface area contributed by atoms with Crippen molar-refractivity contribution in [1.82, 2.24) is 9.55 Å². The first-order valence-corrected chi connectivity index (χ1v) is 13.3. The Morgan fingerprint density at radius 1 is 1.05 bits per heavy atom. The van der Waals surface area contributed by atoms with Crippen LogP contribution in [0.15, 0.2) is 66.1 Å².